The van der Waals surface area contributed by atoms with Crippen LogP contribution in [0.3, 0.4) is 0 Å². The van der Waals surface area contributed by atoms with Crippen molar-refractivity contribution >= 4 is 31.5 Å². The van der Waals surface area contributed by atoms with Crippen molar-refractivity contribution in [3.05, 3.63) is 58.6 Å². The molecule has 0 saturated heterocycles. The monoisotopic (exact) mass is 302 g/mol. The molecule has 2 rings (SSSR count). The molecular formula is C12H9Cl2O3P. The van der Waals surface area contributed by atoms with Crippen molar-refractivity contribution < 1.29 is 13.6 Å². The van der Waals surface area contributed by atoms with E-state index >= 15 is 0 Å². The summed E-state index contributed by atoms with van der Waals surface area (Å²) in [6.45, 7) is 0. The van der Waals surface area contributed by atoms with Crippen LogP contribution in [0.25, 0.3) is 0 Å². The molecule has 0 N–H and O–H groups in total. The molecule has 0 spiro atoms. The average Bonchev–Trinajstić information content (AvgIpc) is 2.35. The number of benzene rings is 2. The lowest BCUT2D eigenvalue weighted by Gasteiger charge is -2.09. The highest BCUT2D eigenvalue weighted by atomic mass is 35.5. The number of hydrogen-bond donors (Lipinski definition) is 0. The Kier molecular flexibility index (Phi) is 4.54. The van der Waals surface area contributed by atoms with E-state index in [9.17, 15) is 4.57 Å². The molecule has 6 heteroatoms. The molecule has 0 bridgehead atoms. The van der Waals surface area contributed by atoms with Crippen molar-refractivity contribution in [1.29, 1.82) is 0 Å². The summed E-state index contributed by atoms with van der Waals surface area (Å²) in [5.41, 5.74) is 0. The first-order valence-electron chi connectivity index (χ1n) is 5.05. The number of rotatable bonds is 4. The maximum atomic E-state index is 11.7. The molecule has 0 heterocycles. The van der Waals surface area contributed by atoms with Gasteiger partial charge >= 0.3 is 8.25 Å². The third kappa shape index (κ3) is 3.42. The van der Waals surface area contributed by atoms with Gasteiger partial charge in [-0.2, -0.15) is 0 Å². The van der Waals surface area contributed by atoms with Gasteiger partial charge in [0.15, 0.2) is 0 Å². The summed E-state index contributed by atoms with van der Waals surface area (Å²) < 4.78 is 22.0. The van der Waals surface area contributed by atoms with Crippen LogP contribution in [0.5, 0.6) is 11.5 Å². The van der Waals surface area contributed by atoms with Crippen LogP contribution in [-0.2, 0) is 4.57 Å². The van der Waals surface area contributed by atoms with Crippen LogP contribution in [-0.4, -0.2) is 0 Å². The Morgan fingerprint density at radius 1 is 0.778 bits per heavy atom. The molecule has 2 aromatic carbocycles. The Balaban J connectivity index is 2.06. The second-order valence-electron chi connectivity index (χ2n) is 3.31. The van der Waals surface area contributed by atoms with Crippen molar-refractivity contribution in [1.82, 2.24) is 0 Å². The van der Waals surface area contributed by atoms with Crippen LogP contribution < -0.4 is 9.05 Å². The molecule has 0 saturated carbocycles. The van der Waals surface area contributed by atoms with Crippen LogP contribution in [0.1, 0.15) is 0 Å². The zero-order valence-corrected chi connectivity index (χ0v) is 11.6. The predicted octanol–water partition coefficient (Wildman–Crippen LogP) is 4.84. The number of hydrogen-bond acceptors (Lipinski definition) is 3. The van der Waals surface area contributed by atoms with Gasteiger partial charge in [0.05, 0.1) is 10.0 Å². The molecule has 0 fully saturated rings. The molecule has 3 nitrogen and oxygen atoms in total. The molecule has 0 aliphatic rings. The maximum absolute atomic E-state index is 11.7. The summed E-state index contributed by atoms with van der Waals surface area (Å²) in [6.07, 6.45) is 0. The average molecular weight is 303 g/mol. The summed E-state index contributed by atoms with van der Waals surface area (Å²) in [6, 6.07) is 13.5. The SMILES string of the molecule is O=[PH](Oc1ccccc1Cl)Oc1ccccc1Cl. The van der Waals surface area contributed by atoms with Gasteiger partial charge in [0.25, 0.3) is 0 Å². The molecule has 2 aromatic rings. The molecular weight excluding hydrogens is 294 g/mol. The lowest BCUT2D eigenvalue weighted by Crippen LogP contribution is -1.89. The van der Waals surface area contributed by atoms with Crippen LogP contribution in [0.2, 0.25) is 10.0 Å². The van der Waals surface area contributed by atoms with Crippen molar-refractivity contribution in [2.45, 2.75) is 0 Å². The normalized spacial score (nSPS) is 10.4. The van der Waals surface area contributed by atoms with Crippen LogP contribution in [0, 0.1) is 0 Å². The van der Waals surface area contributed by atoms with Crippen LogP contribution >= 0.6 is 31.5 Å². The largest absolute Gasteiger partial charge is 0.419 e. The van der Waals surface area contributed by atoms with Gasteiger partial charge < -0.3 is 9.05 Å². The van der Waals surface area contributed by atoms with Crippen LogP contribution in [0.15, 0.2) is 48.5 Å². The van der Waals surface area contributed by atoms with Crippen molar-refractivity contribution in [3.8, 4) is 11.5 Å². The van der Waals surface area contributed by atoms with Gasteiger partial charge in [0.1, 0.15) is 11.5 Å². The second-order valence-corrected chi connectivity index (χ2v) is 5.04. The first kappa shape index (κ1) is 13.3. The van der Waals surface area contributed by atoms with E-state index in [0.717, 1.165) is 0 Å². The minimum atomic E-state index is -2.76. The summed E-state index contributed by atoms with van der Waals surface area (Å²) in [5.74, 6) is 0.630. The minimum absolute atomic E-state index is 0.315. The molecule has 0 unspecified atom stereocenters. The van der Waals surface area contributed by atoms with E-state index < -0.39 is 8.25 Å². The topological polar surface area (TPSA) is 35.5 Å². The van der Waals surface area contributed by atoms with E-state index in [0.29, 0.717) is 21.5 Å². The highest BCUT2D eigenvalue weighted by Gasteiger charge is 2.09. The Labute approximate surface area is 115 Å². The summed E-state index contributed by atoms with van der Waals surface area (Å²) in [7, 11) is -2.76. The molecule has 0 aromatic heterocycles. The van der Waals surface area contributed by atoms with E-state index in [4.69, 9.17) is 32.2 Å². The molecule has 0 aliphatic heterocycles. The first-order valence-corrected chi connectivity index (χ1v) is 7.03. The Hall–Kier alpha value is -1.15. The Bertz CT molecular complexity index is 525. The zero-order valence-electron chi connectivity index (χ0n) is 9.10. The lowest BCUT2D eigenvalue weighted by molar-refractivity contribution is 0.416. The van der Waals surface area contributed by atoms with E-state index in [2.05, 4.69) is 0 Å². The van der Waals surface area contributed by atoms with E-state index in [1.165, 1.54) is 0 Å². The third-order valence-corrected chi connectivity index (χ3v) is 3.46. The van der Waals surface area contributed by atoms with Gasteiger partial charge in [-0.3, -0.25) is 0 Å². The van der Waals surface area contributed by atoms with Crippen molar-refractivity contribution in [2.24, 2.45) is 0 Å². The molecule has 18 heavy (non-hydrogen) atoms. The highest BCUT2D eigenvalue weighted by molar-refractivity contribution is 7.34. The molecule has 0 atom stereocenters. The molecule has 0 radical (unpaired) electrons. The summed E-state index contributed by atoms with van der Waals surface area (Å²) in [5, 5.41) is 0.747. The minimum Gasteiger partial charge on any atom is -0.416 e. The molecule has 0 aliphatic carbocycles. The molecule has 94 valence electrons. The highest BCUT2D eigenvalue weighted by Crippen LogP contribution is 2.36. The van der Waals surface area contributed by atoms with E-state index in [1.807, 2.05) is 0 Å². The van der Waals surface area contributed by atoms with Gasteiger partial charge in [-0.1, -0.05) is 47.5 Å². The van der Waals surface area contributed by atoms with Gasteiger partial charge in [0, 0.05) is 0 Å². The van der Waals surface area contributed by atoms with Crippen molar-refractivity contribution in [2.75, 3.05) is 0 Å². The van der Waals surface area contributed by atoms with Crippen molar-refractivity contribution in [3.63, 3.8) is 0 Å². The predicted molar refractivity (Wildman–Crippen MR) is 73.2 cm³/mol. The number of para-hydroxylation sites is 2. The van der Waals surface area contributed by atoms with E-state index in [1.54, 1.807) is 48.5 Å². The van der Waals surface area contributed by atoms with Gasteiger partial charge in [0.2, 0.25) is 0 Å². The fourth-order valence-electron chi connectivity index (χ4n) is 1.26. The molecule has 0 amide bonds. The van der Waals surface area contributed by atoms with Gasteiger partial charge in [-0.15, -0.1) is 0 Å². The summed E-state index contributed by atoms with van der Waals surface area (Å²) in [4.78, 5) is 0. The van der Waals surface area contributed by atoms with Gasteiger partial charge in [-0.05, 0) is 24.3 Å². The Morgan fingerprint density at radius 2 is 1.17 bits per heavy atom. The Morgan fingerprint density at radius 3 is 1.56 bits per heavy atom. The third-order valence-electron chi connectivity index (χ3n) is 2.06. The zero-order chi connectivity index (χ0) is 13.0. The second kappa shape index (κ2) is 6.14. The fourth-order valence-corrected chi connectivity index (χ4v) is 2.49. The quantitative estimate of drug-likeness (QED) is 0.758. The lowest BCUT2D eigenvalue weighted by atomic mass is 10.3. The standard InChI is InChI=1S/C12H9Cl2O3P/c13-9-5-1-3-7-11(9)16-18(15)17-12-8-4-2-6-10(12)14/h1-8,18H. The van der Waals surface area contributed by atoms with Crippen LogP contribution in [0.4, 0.5) is 0 Å². The number of halogens is 2. The summed E-state index contributed by atoms with van der Waals surface area (Å²) >= 11 is 11.7. The van der Waals surface area contributed by atoms with E-state index in [-0.39, 0.29) is 0 Å². The van der Waals surface area contributed by atoms with Gasteiger partial charge in [-0.25, -0.2) is 4.57 Å². The fraction of sp³-hybridized carbons (Fsp3) is 0. The first-order chi connectivity index (χ1) is 8.66. The maximum Gasteiger partial charge on any atom is 0.419 e. The smallest absolute Gasteiger partial charge is 0.416 e.